The third-order valence-corrected chi connectivity index (χ3v) is 4.50. The highest BCUT2D eigenvalue weighted by atomic mass is 127. The molecule has 2 heterocycles. The van der Waals surface area contributed by atoms with Gasteiger partial charge in [-0.05, 0) is 19.3 Å². The van der Waals surface area contributed by atoms with Gasteiger partial charge in [0.2, 0.25) is 0 Å². The van der Waals surface area contributed by atoms with Crippen molar-refractivity contribution in [2.75, 3.05) is 6.61 Å². The van der Waals surface area contributed by atoms with E-state index in [2.05, 4.69) is 28.7 Å². The summed E-state index contributed by atoms with van der Waals surface area (Å²) >= 11 is 2.42. The normalized spacial score (nSPS) is 42.6. The summed E-state index contributed by atoms with van der Waals surface area (Å²) in [5.74, 6) is -0.361. The molecule has 1 spiro atoms. The van der Waals surface area contributed by atoms with Crippen LogP contribution >= 0.6 is 22.6 Å². The van der Waals surface area contributed by atoms with Crippen LogP contribution in [0, 0.1) is 11.3 Å². The topological polar surface area (TPSA) is 42.2 Å². The summed E-state index contributed by atoms with van der Waals surface area (Å²) in [5, 5.41) is 8.61. The fourth-order valence-corrected chi connectivity index (χ4v) is 3.24. The number of hydrogen-bond donors (Lipinski definition) is 0. The largest absolute Gasteiger partial charge is 0.349 e. The number of hydrogen-bond acceptors (Lipinski definition) is 3. The molecular weight excluding hydrogens is 293 g/mol. The van der Waals surface area contributed by atoms with Crippen molar-refractivity contribution < 1.29 is 9.47 Å². The number of nitriles is 1. The van der Waals surface area contributed by atoms with Crippen LogP contribution in [0.1, 0.15) is 32.1 Å². The predicted octanol–water partition coefficient (Wildman–Crippen LogP) is 2.39. The highest BCUT2D eigenvalue weighted by molar-refractivity contribution is 14.1. The van der Waals surface area contributed by atoms with Gasteiger partial charge in [0, 0.05) is 6.42 Å². The van der Waals surface area contributed by atoms with Crippen molar-refractivity contribution in [3.63, 3.8) is 0 Å². The minimum absolute atomic E-state index is 0.0929. The molecule has 0 saturated carbocycles. The van der Waals surface area contributed by atoms with Crippen LogP contribution in [0.5, 0.6) is 0 Å². The molecule has 0 bridgehead atoms. The molecule has 0 N–H and O–H groups in total. The maximum absolute atomic E-state index is 8.61. The summed E-state index contributed by atoms with van der Waals surface area (Å²) in [6, 6.07) is 2.16. The first-order valence-electron chi connectivity index (χ1n) is 5.09. The van der Waals surface area contributed by atoms with E-state index < -0.39 is 0 Å². The van der Waals surface area contributed by atoms with Gasteiger partial charge in [-0.25, -0.2) is 0 Å². The molecule has 3 unspecified atom stereocenters. The highest BCUT2D eigenvalue weighted by Crippen LogP contribution is 2.42. The van der Waals surface area contributed by atoms with E-state index in [9.17, 15) is 0 Å². The monoisotopic (exact) mass is 307 g/mol. The van der Waals surface area contributed by atoms with Gasteiger partial charge < -0.3 is 9.47 Å². The zero-order valence-electron chi connectivity index (χ0n) is 8.04. The molecular formula is C10H14INO2. The Bertz CT molecular complexity index is 253. The Morgan fingerprint density at radius 3 is 3.07 bits per heavy atom. The molecule has 3 nitrogen and oxygen atoms in total. The second kappa shape index (κ2) is 4.33. The van der Waals surface area contributed by atoms with Crippen molar-refractivity contribution in [3.8, 4) is 6.07 Å². The smallest absolute Gasteiger partial charge is 0.180 e. The number of halogens is 1. The molecule has 4 heteroatoms. The Morgan fingerprint density at radius 1 is 1.50 bits per heavy atom. The van der Waals surface area contributed by atoms with Crippen LogP contribution < -0.4 is 0 Å². The minimum Gasteiger partial charge on any atom is -0.349 e. The lowest BCUT2D eigenvalue weighted by molar-refractivity contribution is -0.236. The van der Waals surface area contributed by atoms with Crippen LogP contribution in [0.4, 0.5) is 0 Å². The summed E-state index contributed by atoms with van der Waals surface area (Å²) in [4.78, 5) is 0. The molecule has 0 radical (unpaired) electrons. The van der Waals surface area contributed by atoms with E-state index in [-0.39, 0.29) is 11.9 Å². The second-order valence-electron chi connectivity index (χ2n) is 3.91. The van der Waals surface area contributed by atoms with Crippen molar-refractivity contribution in [1.82, 2.24) is 0 Å². The molecule has 3 atom stereocenters. The van der Waals surface area contributed by atoms with Crippen molar-refractivity contribution in [2.45, 2.75) is 47.9 Å². The van der Waals surface area contributed by atoms with E-state index >= 15 is 0 Å². The van der Waals surface area contributed by atoms with E-state index in [1.807, 2.05) is 0 Å². The van der Waals surface area contributed by atoms with Crippen LogP contribution in [0.15, 0.2) is 0 Å². The van der Waals surface area contributed by atoms with Gasteiger partial charge in [0.15, 0.2) is 5.79 Å². The molecule has 2 saturated heterocycles. The molecule has 2 rings (SSSR count). The lowest BCUT2D eigenvalue weighted by Crippen LogP contribution is -2.45. The molecule has 0 aromatic heterocycles. The van der Waals surface area contributed by atoms with E-state index in [0.29, 0.717) is 10.3 Å². The average Bonchev–Trinajstić information content (AvgIpc) is 2.57. The lowest BCUT2D eigenvalue weighted by atomic mass is 10.0. The van der Waals surface area contributed by atoms with Crippen molar-refractivity contribution in [3.05, 3.63) is 0 Å². The SMILES string of the molecule is N#CCC1CCC2(OCCCC2I)O1. The number of rotatable bonds is 1. The molecule has 0 amide bonds. The Labute approximate surface area is 97.9 Å². The summed E-state index contributed by atoms with van der Waals surface area (Å²) in [6.07, 6.45) is 4.80. The van der Waals surface area contributed by atoms with Gasteiger partial charge >= 0.3 is 0 Å². The van der Waals surface area contributed by atoms with E-state index in [1.54, 1.807) is 0 Å². The molecule has 2 aliphatic rings. The van der Waals surface area contributed by atoms with Gasteiger partial charge in [0.05, 0.1) is 29.1 Å². The molecule has 0 aromatic rings. The number of ether oxygens (including phenoxy) is 2. The number of nitrogens with zero attached hydrogens (tertiary/aromatic N) is 1. The van der Waals surface area contributed by atoms with Crippen molar-refractivity contribution in [1.29, 1.82) is 5.26 Å². The maximum Gasteiger partial charge on any atom is 0.180 e. The van der Waals surface area contributed by atoms with Crippen LogP contribution in [0.2, 0.25) is 0 Å². The molecule has 2 fully saturated rings. The summed E-state index contributed by atoms with van der Waals surface area (Å²) in [7, 11) is 0. The van der Waals surface area contributed by atoms with Crippen LogP contribution in [-0.2, 0) is 9.47 Å². The van der Waals surface area contributed by atoms with Gasteiger partial charge in [-0.3, -0.25) is 0 Å². The van der Waals surface area contributed by atoms with E-state index in [0.717, 1.165) is 25.9 Å². The first-order valence-corrected chi connectivity index (χ1v) is 6.34. The summed E-state index contributed by atoms with van der Waals surface area (Å²) in [6.45, 7) is 0.804. The Hall–Kier alpha value is 0.140. The van der Waals surface area contributed by atoms with E-state index in [4.69, 9.17) is 14.7 Å². The molecule has 2 aliphatic heterocycles. The Morgan fingerprint density at radius 2 is 2.36 bits per heavy atom. The fraction of sp³-hybridized carbons (Fsp3) is 0.900. The average molecular weight is 307 g/mol. The molecule has 78 valence electrons. The molecule has 0 aromatic carbocycles. The zero-order valence-corrected chi connectivity index (χ0v) is 10.2. The maximum atomic E-state index is 8.61. The lowest BCUT2D eigenvalue weighted by Gasteiger charge is -2.37. The fourth-order valence-electron chi connectivity index (χ4n) is 2.16. The molecule has 14 heavy (non-hydrogen) atoms. The van der Waals surface area contributed by atoms with Crippen LogP contribution in [0.3, 0.4) is 0 Å². The van der Waals surface area contributed by atoms with Gasteiger partial charge in [0.1, 0.15) is 0 Å². The second-order valence-corrected chi connectivity index (χ2v) is 5.41. The van der Waals surface area contributed by atoms with Crippen LogP contribution in [-0.4, -0.2) is 22.4 Å². The van der Waals surface area contributed by atoms with Gasteiger partial charge in [0.25, 0.3) is 0 Å². The van der Waals surface area contributed by atoms with Crippen LogP contribution in [0.25, 0.3) is 0 Å². The first-order chi connectivity index (χ1) is 6.77. The quantitative estimate of drug-likeness (QED) is 0.552. The zero-order chi connectivity index (χ0) is 10.0. The standard InChI is InChI=1S/C10H14INO2/c11-9-2-1-7-13-10(9)5-3-8(14-10)4-6-12/h8-9H,1-5,7H2. The third kappa shape index (κ3) is 1.90. The van der Waals surface area contributed by atoms with Gasteiger partial charge in [-0.2, -0.15) is 5.26 Å². The van der Waals surface area contributed by atoms with Crippen molar-refractivity contribution in [2.24, 2.45) is 0 Å². The van der Waals surface area contributed by atoms with Crippen molar-refractivity contribution >= 4 is 22.6 Å². The summed E-state index contributed by atoms with van der Waals surface area (Å²) in [5.41, 5.74) is 0. The first kappa shape index (κ1) is 10.7. The number of alkyl halides is 1. The highest BCUT2D eigenvalue weighted by Gasteiger charge is 2.47. The Kier molecular flexibility index (Phi) is 3.30. The van der Waals surface area contributed by atoms with Gasteiger partial charge in [-0.1, -0.05) is 22.6 Å². The predicted molar refractivity (Wildman–Crippen MR) is 60.1 cm³/mol. The minimum atomic E-state index is -0.361. The summed E-state index contributed by atoms with van der Waals surface area (Å²) < 4.78 is 12.1. The van der Waals surface area contributed by atoms with Gasteiger partial charge in [-0.15, -0.1) is 0 Å². The Balaban J connectivity index is 2.00. The van der Waals surface area contributed by atoms with E-state index in [1.165, 1.54) is 6.42 Å². The third-order valence-electron chi connectivity index (χ3n) is 2.93. The molecule has 0 aliphatic carbocycles.